The Morgan fingerprint density at radius 3 is 2.06 bits per heavy atom. The Labute approximate surface area is 191 Å². The molecule has 0 aliphatic heterocycles. The monoisotopic (exact) mass is 450 g/mol. The molecule has 1 unspecified atom stereocenters. The minimum atomic E-state index is -1.09. The van der Waals surface area contributed by atoms with Crippen LogP contribution in [0.4, 0.5) is 0 Å². The summed E-state index contributed by atoms with van der Waals surface area (Å²) < 4.78 is 5.19. The molecular formula is C26H23ClO5. The lowest BCUT2D eigenvalue weighted by Crippen LogP contribution is -2.19. The number of rotatable bonds is 10. The van der Waals surface area contributed by atoms with Crippen molar-refractivity contribution in [2.75, 3.05) is 7.11 Å². The normalized spacial score (nSPS) is 11.6. The predicted molar refractivity (Wildman–Crippen MR) is 124 cm³/mol. The van der Waals surface area contributed by atoms with Gasteiger partial charge in [-0.1, -0.05) is 60.1 Å². The largest absolute Gasteiger partial charge is 0.496 e. The van der Waals surface area contributed by atoms with Gasteiger partial charge in [0.05, 0.1) is 18.6 Å². The smallest absolute Gasteiger partial charge is 0.306 e. The summed E-state index contributed by atoms with van der Waals surface area (Å²) in [5, 5.41) is 10.2. The van der Waals surface area contributed by atoms with Gasteiger partial charge in [0.25, 0.3) is 0 Å². The summed E-state index contributed by atoms with van der Waals surface area (Å²) in [4.78, 5) is 36.9. The molecule has 0 bridgehead atoms. The summed E-state index contributed by atoms with van der Waals surface area (Å²) in [5.74, 6) is -2.08. The number of carbonyl (C=O) groups is 3. The second-order valence-electron chi connectivity index (χ2n) is 7.41. The molecule has 3 rings (SSSR count). The zero-order valence-corrected chi connectivity index (χ0v) is 18.3. The third kappa shape index (κ3) is 5.83. The van der Waals surface area contributed by atoms with Gasteiger partial charge in [-0.3, -0.25) is 14.4 Å². The Kier molecular flexibility index (Phi) is 7.79. The van der Waals surface area contributed by atoms with Gasteiger partial charge in [0.1, 0.15) is 5.75 Å². The number of hydrogen-bond donors (Lipinski definition) is 1. The quantitative estimate of drug-likeness (QED) is 0.386. The molecule has 32 heavy (non-hydrogen) atoms. The number of para-hydroxylation sites is 1. The molecule has 0 aliphatic rings. The van der Waals surface area contributed by atoms with E-state index in [9.17, 15) is 19.5 Å². The lowest BCUT2D eigenvalue weighted by molar-refractivity contribution is -0.141. The second-order valence-corrected chi connectivity index (χ2v) is 7.85. The van der Waals surface area contributed by atoms with E-state index >= 15 is 0 Å². The molecule has 6 heteroatoms. The van der Waals surface area contributed by atoms with Crippen molar-refractivity contribution in [1.82, 2.24) is 0 Å². The first-order valence-electron chi connectivity index (χ1n) is 10.2. The fourth-order valence-electron chi connectivity index (χ4n) is 3.46. The van der Waals surface area contributed by atoms with E-state index in [2.05, 4.69) is 0 Å². The Balaban J connectivity index is 1.64. The number of halogens is 1. The Hall–Kier alpha value is -3.44. The van der Waals surface area contributed by atoms with E-state index in [1.165, 1.54) is 7.11 Å². The van der Waals surface area contributed by atoms with Crippen molar-refractivity contribution >= 4 is 29.1 Å². The topological polar surface area (TPSA) is 80.7 Å². The van der Waals surface area contributed by atoms with Crippen LogP contribution >= 0.6 is 11.6 Å². The first-order valence-corrected chi connectivity index (χ1v) is 10.5. The second kappa shape index (κ2) is 10.7. The number of aliphatic carboxylic acids is 1. The van der Waals surface area contributed by atoms with Gasteiger partial charge >= 0.3 is 5.97 Å². The Morgan fingerprint density at radius 1 is 0.875 bits per heavy atom. The highest BCUT2D eigenvalue weighted by atomic mass is 35.5. The molecule has 0 aromatic heterocycles. The van der Waals surface area contributed by atoms with Crippen LogP contribution in [0.3, 0.4) is 0 Å². The van der Waals surface area contributed by atoms with Crippen molar-refractivity contribution in [2.24, 2.45) is 5.92 Å². The highest BCUT2D eigenvalue weighted by molar-refractivity contribution is 6.30. The number of carboxylic acids is 1. The van der Waals surface area contributed by atoms with E-state index in [1.54, 1.807) is 48.5 Å². The molecule has 0 heterocycles. The third-order valence-electron chi connectivity index (χ3n) is 5.29. The minimum Gasteiger partial charge on any atom is -0.496 e. The number of benzene rings is 3. The predicted octanol–water partition coefficient (Wildman–Crippen LogP) is 5.95. The lowest BCUT2D eigenvalue weighted by atomic mass is 9.91. The number of carbonyl (C=O) groups excluding carboxylic acids is 2. The van der Waals surface area contributed by atoms with E-state index in [1.807, 2.05) is 24.3 Å². The van der Waals surface area contributed by atoms with Gasteiger partial charge in [0, 0.05) is 23.4 Å². The zero-order valence-electron chi connectivity index (χ0n) is 17.6. The molecule has 0 aliphatic carbocycles. The summed E-state index contributed by atoms with van der Waals surface area (Å²) in [6.45, 7) is 0. The number of Topliss-reactive ketones (excluding diaryl/α,β-unsaturated/α-hetero) is 2. The third-order valence-corrected chi connectivity index (χ3v) is 5.54. The highest BCUT2D eigenvalue weighted by Gasteiger charge is 2.24. The Morgan fingerprint density at radius 2 is 1.47 bits per heavy atom. The van der Waals surface area contributed by atoms with E-state index in [4.69, 9.17) is 16.3 Å². The van der Waals surface area contributed by atoms with E-state index < -0.39 is 11.9 Å². The van der Waals surface area contributed by atoms with Crippen molar-refractivity contribution < 1.29 is 24.2 Å². The zero-order chi connectivity index (χ0) is 23.1. The van der Waals surface area contributed by atoms with E-state index in [0.29, 0.717) is 21.9 Å². The van der Waals surface area contributed by atoms with Gasteiger partial charge in [-0.15, -0.1) is 0 Å². The SMILES string of the molecule is COc1ccccc1C(=O)CCC(CC(=O)c1ccc(-c2ccc(Cl)cc2)cc1)C(=O)O. The molecule has 5 nitrogen and oxygen atoms in total. The maximum Gasteiger partial charge on any atom is 0.306 e. The van der Waals surface area contributed by atoms with Crippen LogP contribution in [0.2, 0.25) is 5.02 Å². The molecule has 0 amide bonds. The number of ether oxygens (including phenoxy) is 1. The Bertz CT molecular complexity index is 1100. The molecular weight excluding hydrogens is 428 g/mol. The summed E-state index contributed by atoms with van der Waals surface area (Å²) in [7, 11) is 1.48. The number of methoxy groups -OCH3 is 1. The van der Waals surface area contributed by atoms with Gasteiger partial charge in [-0.2, -0.15) is 0 Å². The van der Waals surface area contributed by atoms with Crippen molar-refractivity contribution in [3.8, 4) is 16.9 Å². The van der Waals surface area contributed by atoms with Crippen LogP contribution in [0.1, 0.15) is 40.0 Å². The molecule has 0 saturated heterocycles. The van der Waals surface area contributed by atoms with Gasteiger partial charge in [-0.25, -0.2) is 0 Å². The molecule has 0 spiro atoms. The summed E-state index contributed by atoms with van der Waals surface area (Å²) in [6, 6.07) is 21.2. The summed E-state index contributed by atoms with van der Waals surface area (Å²) in [5.41, 5.74) is 2.73. The van der Waals surface area contributed by atoms with Crippen LogP contribution in [0, 0.1) is 5.92 Å². The maximum atomic E-state index is 12.7. The lowest BCUT2D eigenvalue weighted by Gasteiger charge is -2.12. The minimum absolute atomic E-state index is 0.0140. The van der Waals surface area contributed by atoms with Gasteiger partial charge in [0.2, 0.25) is 0 Å². The standard InChI is InChI=1S/C26H23ClO5/c1-32-25-5-3-2-4-22(25)23(28)15-12-20(26(30)31)16-24(29)19-8-6-17(7-9-19)18-10-13-21(27)14-11-18/h2-11,13-14,20H,12,15-16H2,1H3,(H,30,31). The first-order chi connectivity index (χ1) is 15.4. The van der Waals surface area contributed by atoms with Gasteiger partial charge in [-0.05, 0) is 41.8 Å². The molecule has 0 radical (unpaired) electrons. The van der Waals surface area contributed by atoms with Crippen molar-refractivity contribution in [3.63, 3.8) is 0 Å². The van der Waals surface area contributed by atoms with Gasteiger partial charge < -0.3 is 9.84 Å². The molecule has 0 saturated carbocycles. The van der Waals surface area contributed by atoms with E-state index in [-0.39, 0.29) is 30.8 Å². The van der Waals surface area contributed by atoms with Crippen LogP contribution < -0.4 is 4.74 Å². The van der Waals surface area contributed by atoms with Crippen molar-refractivity contribution in [2.45, 2.75) is 19.3 Å². The average Bonchev–Trinajstić information content (AvgIpc) is 2.81. The van der Waals surface area contributed by atoms with Crippen LogP contribution in [-0.4, -0.2) is 29.8 Å². The molecule has 1 atom stereocenters. The number of ketones is 2. The van der Waals surface area contributed by atoms with E-state index in [0.717, 1.165) is 11.1 Å². The molecule has 3 aromatic rings. The van der Waals surface area contributed by atoms with Crippen LogP contribution in [0.5, 0.6) is 5.75 Å². The average molecular weight is 451 g/mol. The molecule has 164 valence electrons. The maximum absolute atomic E-state index is 12.7. The summed E-state index contributed by atoms with van der Waals surface area (Å²) in [6.07, 6.45) is -0.0875. The summed E-state index contributed by atoms with van der Waals surface area (Å²) >= 11 is 5.92. The number of carboxylic acid groups (broad SMARTS) is 1. The van der Waals surface area contributed by atoms with Crippen molar-refractivity contribution in [3.05, 3.63) is 88.9 Å². The highest BCUT2D eigenvalue weighted by Crippen LogP contribution is 2.25. The molecule has 3 aromatic carbocycles. The van der Waals surface area contributed by atoms with Crippen LogP contribution in [0.15, 0.2) is 72.8 Å². The fourth-order valence-corrected chi connectivity index (χ4v) is 3.59. The number of hydrogen-bond acceptors (Lipinski definition) is 4. The molecule has 0 fully saturated rings. The van der Waals surface area contributed by atoms with Crippen LogP contribution in [-0.2, 0) is 4.79 Å². The van der Waals surface area contributed by atoms with Gasteiger partial charge in [0.15, 0.2) is 11.6 Å². The van der Waals surface area contributed by atoms with Crippen LogP contribution in [0.25, 0.3) is 11.1 Å². The fraction of sp³-hybridized carbons (Fsp3) is 0.192. The first kappa shape index (κ1) is 23.2. The molecule has 1 N–H and O–H groups in total. The van der Waals surface area contributed by atoms with Crippen molar-refractivity contribution in [1.29, 1.82) is 0 Å².